The molecule has 0 atom stereocenters. The van der Waals surface area contributed by atoms with E-state index in [1.54, 1.807) is 6.08 Å². The van der Waals surface area contributed by atoms with Gasteiger partial charge in [0, 0.05) is 6.54 Å². The lowest BCUT2D eigenvalue weighted by Gasteiger charge is -1.98. The largest absolute Gasteiger partial charge is 0.525 e. The highest BCUT2D eigenvalue weighted by Crippen LogP contribution is 1.92. The molecule has 0 aliphatic carbocycles. The Morgan fingerprint density at radius 3 is 2.75 bits per heavy atom. The summed E-state index contributed by atoms with van der Waals surface area (Å²) in [6.07, 6.45) is 1.64. The molecule has 0 fully saturated rings. The molecule has 0 saturated heterocycles. The molecule has 0 bridgehead atoms. The van der Waals surface area contributed by atoms with Gasteiger partial charge in [-0.25, -0.2) is 5.48 Å². The maximum atomic E-state index is 5.16. The molecule has 0 aliphatic heterocycles. The quantitative estimate of drug-likeness (QED) is 0.283. The Hall–Kier alpha value is 0.305. The molecular weight excluding hydrogens is 148 g/mol. The molecular formula is C3H6BCl2NO. The van der Waals surface area contributed by atoms with Crippen molar-refractivity contribution in [2.24, 2.45) is 0 Å². The van der Waals surface area contributed by atoms with E-state index in [9.17, 15) is 0 Å². The van der Waals surface area contributed by atoms with E-state index < -0.39 is 5.75 Å². The van der Waals surface area contributed by atoms with Crippen LogP contribution in [0.1, 0.15) is 0 Å². The smallest absolute Gasteiger partial charge is 0.324 e. The van der Waals surface area contributed by atoms with Crippen molar-refractivity contribution in [1.82, 2.24) is 5.48 Å². The predicted octanol–water partition coefficient (Wildman–Crippen LogP) is 1.16. The molecule has 0 rings (SSSR count). The second-order valence-electron chi connectivity index (χ2n) is 1.02. The Morgan fingerprint density at radius 1 is 1.75 bits per heavy atom. The van der Waals surface area contributed by atoms with Crippen molar-refractivity contribution in [2.45, 2.75) is 0 Å². The molecule has 1 N–H and O–H groups in total. The van der Waals surface area contributed by atoms with Gasteiger partial charge in [0.15, 0.2) is 0 Å². The first-order valence-corrected chi connectivity index (χ1v) is 2.92. The summed E-state index contributed by atoms with van der Waals surface area (Å²) in [7, 11) is 0. The van der Waals surface area contributed by atoms with Gasteiger partial charge in [-0.05, 0) is 0 Å². The van der Waals surface area contributed by atoms with Crippen LogP contribution >= 0.6 is 22.9 Å². The standard InChI is InChI=1S/C3H6BCl2NO/c1-2-3-7-8-4(5)6/h2,7H,1,3H2. The fourth-order valence-electron chi connectivity index (χ4n) is 0.170. The summed E-state index contributed by atoms with van der Waals surface area (Å²) >= 11 is 10.3. The molecule has 0 aromatic heterocycles. The van der Waals surface area contributed by atoms with Gasteiger partial charge in [-0.3, -0.25) is 0 Å². The van der Waals surface area contributed by atoms with Crippen LogP contribution in [0.2, 0.25) is 0 Å². The maximum absolute atomic E-state index is 5.16. The molecule has 0 radical (unpaired) electrons. The highest BCUT2D eigenvalue weighted by atomic mass is 35.5. The molecule has 0 aliphatic rings. The van der Waals surface area contributed by atoms with Crippen molar-refractivity contribution in [2.75, 3.05) is 6.54 Å². The summed E-state index contributed by atoms with van der Waals surface area (Å²) < 4.78 is 4.49. The second kappa shape index (κ2) is 5.44. The minimum Gasteiger partial charge on any atom is -0.324 e. The first kappa shape index (κ1) is 8.30. The van der Waals surface area contributed by atoms with E-state index in [1.165, 1.54) is 0 Å². The van der Waals surface area contributed by atoms with Crippen LogP contribution in [0, 0.1) is 0 Å². The lowest BCUT2D eigenvalue weighted by Crippen LogP contribution is -2.19. The van der Waals surface area contributed by atoms with Gasteiger partial charge in [-0.15, -0.1) is 29.5 Å². The lowest BCUT2D eigenvalue weighted by molar-refractivity contribution is 0.224. The molecule has 8 heavy (non-hydrogen) atoms. The Kier molecular flexibility index (Phi) is 5.65. The van der Waals surface area contributed by atoms with E-state index >= 15 is 0 Å². The Bertz CT molecular complexity index is 70.3. The van der Waals surface area contributed by atoms with Crippen LogP contribution in [-0.2, 0) is 4.76 Å². The summed E-state index contributed by atoms with van der Waals surface area (Å²) in [4.78, 5) is 0. The molecule has 0 amide bonds. The molecule has 0 spiro atoms. The third-order valence-corrected chi connectivity index (χ3v) is 0.578. The maximum Gasteiger partial charge on any atom is 0.525 e. The van der Waals surface area contributed by atoms with Gasteiger partial charge < -0.3 is 4.76 Å². The number of hydrogen-bond donors (Lipinski definition) is 1. The monoisotopic (exact) mass is 153 g/mol. The average molecular weight is 154 g/mol. The Balaban J connectivity index is 2.81. The minimum absolute atomic E-state index is 0.538. The minimum atomic E-state index is -0.810. The van der Waals surface area contributed by atoms with Gasteiger partial charge in [0.1, 0.15) is 0 Å². The number of hydrogen-bond acceptors (Lipinski definition) is 2. The van der Waals surface area contributed by atoms with Crippen molar-refractivity contribution in [3.63, 3.8) is 0 Å². The summed E-state index contributed by atoms with van der Waals surface area (Å²) in [5, 5.41) is 0. The van der Waals surface area contributed by atoms with E-state index in [1.807, 2.05) is 0 Å². The third-order valence-electron chi connectivity index (χ3n) is 0.400. The highest BCUT2D eigenvalue weighted by molar-refractivity contribution is 7.30. The van der Waals surface area contributed by atoms with Crippen LogP contribution in [-0.4, -0.2) is 12.3 Å². The molecule has 0 aromatic carbocycles. The van der Waals surface area contributed by atoms with Crippen LogP contribution in [0.3, 0.4) is 0 Å². The SMILES string of the molecule is C=CCNOB(Cl)Cl. The fraction of sp³-hybridized carbons (Fsp3) is 0.333. The van der Waals surface area contributed by atoms with Crippen molar-refractivity contribution >= 4 is 28.7 Å². The molecule has 0 saturated carbocycles. The Morgan fingerprint density at radius 2 is 2.38 bits per heavy atom. The van der Waals surface area contributed by atoms with Crippen molar-refractivity contribution in [3.05, 3.63) is 12.7 Å². The zero-order valence-corrected chi connectivity index (χ0v) is 5.74. The summed E-state index contributed by atoms with van der Waals surface area (Å²) in [6.45, 7) is 3.97. The lowest BCUT2D eigenvalue weighted by atomic mass is 10.5. The van der Waals surface area contributed by atoms with Gasteiger partial charge in [0.2, 0.25) is 0 Å². The number of halogens is 2. The van der Waals surface area contributed by atoms with Gasteiger partial charge >= 0.3 is 5.75 Å². The Labute approximate surface area is 58.7 Å². The fourth-order valence-corrected chi connectivity index (χ4v) is 0.296. The number of rotatable bonds is 4. The first-order valence-electron chi connectivity index (χ1n) is 2.05. The second-order valence-corrected chi connectivity index (χ2v) is 2.03. The van der Waals surface area contributed by atoms with Gasteiger partial charge in [-0.2, -0.15) is 0 Å². The van der Waals surface area contributed by atoms with Crippen LogP contribution in [0.4, 0.5) is 0 Å². The van der Waals surface area contributed by atoms with Crippen LogP contribution in [0.5, 0.6) is 0 Å². The zero-order chi connectivity index (χ0) is 6.41. The van der Waals surface area contributed by atoms with Gasteiger partial charge in [0.25, 0.3) is 0 Å². The van der Waals surface area contributed by atoms with Crippen molar-refractivity contribution < 1.29 is 4.76 Å². The van der Waals surface area contributed by atoms with Crippen LogP contribution < -0.4 is 5.48 Å². The average Bonchev–Trinajstić information content (AvgIpc) is 1.66. The van der Waals surface area contributed by atoms with E-state index in [-0.39, 0.29) is 0 Å². The molecule has 2 nitrogen and oxygen atoms in total. The van der Waals surface area contributed by atoms with Gasteiger partial charge in [-0.1, -0.05) is 6.08 Å². The van der Waals surface area contributed by atoms with Gasteiger partial charge in [0.05, 0.1) is 0 Å². The van der Waals surface area contributed by atoms with E-state index in [4.69, 9.17) is 22.9 Å². The van der Waals surface area contributed by atoms with E-state index in [2.05, 4.69) is 16.8 Å². The van der Waals surface area contributed by atoms with Crippen molar-refractivity contribution in [3.8, 4) is 0 Å². The molecule has 0 heterocycles. The summed E-state index contributed by atoms with van der Waals surface area (Å²) in [6, 6.07) is 0. The molecule has 5 heteroatoms. The topological polar surface area (TPSA) is 21.3 Å². The molecule has 0 unspecified atom stereocenters. The van der Waals surface area contributed by atoms with Crippen LogP contribution in [0.15, 0.2) is 12.7 Å². The predicted molar refractivity (Wildman–Crippen MR) is 36.7 cm³/mol. The van der Waals surface area contributed by atoms with E-state index in [0.717, 1.165) is 0 Å². The number of nitrogens with one attached hydrogen (secondary N) is 1. The summed E-state index contributed by atoms with van der Waals surface area (Å²) in [5.74, 6) is -0.810. The molecule has 0 aromatic rings. The van der Waals surface area contributed by atoms with Crippen LogP contribution in [0.25, 0.3) is 0 Å². The third kappa shape index (κ3) is 6.30. The van der Waals surface area contributed by atoms with E-state index in [0.29, 0.717) is 6.54 Å². The molecule has 46 valence electrons. The first-order chi connectivity index (χ1) is 3.77. The highest BCUT2D eigenvalue weighted by Gasteiger charge is 2.03. The normalized spacial score (nSPS) is 8.75. The summed E-state index contributed by atoms with van der Waals surface area (Å²) in [5.41, 5.74) is 2.45. The van der Waals surface area contributed by atoms with Crippen molar-refractivity contribution in [1.29, 1.82) is 0 Å². The number of hydroxylamine groups is 1. The zero-order valence-electron chi connectivity index (χ0n) is 4.23.